The van der Waals surface area contributed by atoms with E-state index in [-0.39, 0.29) is 34.0 Å². The number of methoxy groups -OCH3 is 1. The molecule has 0 unspecified atom stereocenters. The van der Waals surface area contributed by atoms with E-state index in [0.29, 0.717) is 19.3 Å². The fourth-order valence-electron chi connectivity index (χ4n) is 5.37. The molecule has 10 heteroatoms. The number of esters is 2. The first kappa shape index (κ1) is 41.4. The molecule has 0 amide bonds. The van der Waals surface area contributed by atoms with Gasteiger partial charge in [-0.3, -0.25) is 9.59 Å². The number of carbonyl (C=O) groups excluding carboxylic acids is 2. The van der Waals surface area contributed by atoms with Crippen LogP contribution < -0.4 is 0 Å². The average molecular weight is 687 g/mol. The Morgan fingerprint density at radius 2 is 1.64 bits per heavy atom. The number of hydrogen-bond acceptors (Lipinski definition) is 7. The highest BCUT2D eigenvalue weighted by Crippen LogP contribution is 2.49. The van der Waals surface area contributed by atoms with E-state index in [4.69, 9.17) is 18.0 Å². The Balaban J connectivity index is 3.40. The van der Waals surface area contributed by atoms with Crippen LogP contribution in [0.4, 0.5) is 0 Å². The molecule has 0 spiro atoms. The van der Waals surface area contributed by atoms with Crippen LogP contribution >= 0.6 is 11.8 Å². The summed E-state index contributed by atoms with van der Waals surface area (Å²) >= 11 is 1.81. The van der Waals surface area contributed by atoms with Crippen molar-refractivity contribution in [3.8, 4) is 0 Å². The first-order valence-electron chi connectivity index (χ1n) is 17.1. The molecule has 0 radical (unpaired) electrons. The van der Waals surface area contributed by atoms with Crippen LogP contribution in [0.2, 0.25) is 42.8 Å². The van der Waals surface area contributed by atoms with Gasteiger partial charge in [0.15, 0.2) is 16.6 Å². The van der Waals surface area contributed by atoms with E-state index < -0.39 is 26.4 Å². The van der Waals surface area contributed by atoms with Crippen LogP contribution in [0.25, 0.3) is 0 Å². The first-order valence-corrected chi connectivity index (χ1v) is 25.9. The molecular weight excluding hydrogens is 621 g/mol. The number of rotatable bonds is 21. The second-order valence-corrected chi connectivity index (χ2v) is 26.5. The van der Waals surface area contributed by atoms with Crippen molar-refractivity contribution in [1.82, 2.24) is 0 Å². The predicted molar refractivity (Wildman–Crippen MR) is 196 cm³/mol. The molecule has 0 saturated carbocycles. The monoisotopic (exact) mass is 686 g/mol. The fourth-order valence-corrected chi connectivity index (χ4v) is 13.7. The second-order valence-electron chi connectivity index (χ2n) is 14.6. The van der Waals surface area contributed by atoms with Crippen molar-refractivity contribution in [3.63, 3.8) is 0 Å². The summed E-state index contributed by atoms with van der Waals surface area (Å²) in [7, 11) is -3.02. The Morgan fingerprint density at radius 1 is 0.955 bits per heavy atom. The van der Waals surface area contributed by atoms with Crippen LogP contribution in [-0.2, 0) is 27.6 Å². The normalized spacial score (nSPS) is 19.7. The van der Waals surface area contributed by atoms with Crippen molar-refractivity contribution in [1.29, 1.82) is 0 Å². The van der Waals surface area contributed by atoms with E-state index in [0.717, 1.165) is 48.5 Å². The Hall–Kier alpha value is -0.659. The summed E-state index contributed by atoms with van der Waals surface area (Å²) in [5.74, 6) is 1.45. The number of thioether (sulfide) groups is 1. The largest absolute Gasteiger partial charge is 0.469 e. The van der Waals surface area contributed by atoms with Gasteiger partial charge >= 0.3 is 11.9 Å². The van der Waals surface area contributed by atoms with Crippen molar-refractivity contribution < 1.29 is 27.6 Å². The molecular formula is C34H66O6SSi3. The molecule has 0 aromatic heterocycles. The molecule has 1 rings (SSSR count). The number of unbranched alkanes of at least 4 members (excludes halogenated alkanes) is 3. The zero-order valence-corrected chi connectivity index (χ0v) is 34.6. The highest BCUT2D eigenvalue weighted by Gasteiger charge is 2.45. The molecule has 44 heavy (non-hydrogen) atoms. The van der Waals surface area contributed by atoms with E-state index in [9.17, 15) is 9.59 Å². The lowest BCUT2D eigenvalue weighted by molar-refractivity contribution is -0.141. The van der Waals surface area contributed by atoms with Gasteiger partial charge in [-0.1, -0.05) is 79.5 Å². The van der Waals surface area contributed by atoms with Crippen molar-refractivity contribution in [2.45, 2.75) is 161 Å². The lowest BCUT2D eigenvalue weighted by Gasteiger charge is -2.42. The van der Waals surface area contributed by atoms with Crippen LogP contribution in [0.5, 0.6) is 0 Å². The molecule has 0 aromatic rings. The standard InChI is InChI=1S/C34H66O6SSi3/c1-13-15-23-34(6,44(11,12)40-42-8)24-19-21-27-28(39-43(9,10)33(3,4)5)26-29(38-31(36)20-14-2)32(27)41-25-18-16-17-22-30(35)37-7/h19,21,27-28H,13-18,20,22-26,42H2,1-12H3/t27-,28+,34-/m0/s1. The topological polar surface area (TPSA) is 71.1 Å². The minimum atomic E-state index is -2.09. The molecule has 0 heterocycles. The van der Waals surface area contributed by atoms with Crippen molar-refractivity contribution >= 4 is 50.1 Å². The lowest BCUT2D eigenvalue weighted by atomic mass is 9.97. The van der Waals surface area contributed by atoms with Gasteiger partial charge in [0.2, 0.25) is 0 Å². The van der Waals surface area contributed by atoms with Gasteiger partial charge < -0.3 is 18.0 Å². The number of carbonyl (C=O) groups is 2. The maximum absolute atomic E-state index is 12.8. The third kappa shape index (κ3) is 12.9. The molecule has 3 atom stereocenters. The van der Waals surface area contributed by atoms with E-state index >= 15 is 0 Å². The van der Waals surface area contributed by atoms with Crippen molar-refractivity contribution in [2.75, 3.05) is 12.9 Å². The van der Waals surface area contributed by atoms with Crippen LogP contribution in [0.1, 0.15) is 112 Å². The van der Waals surface area contributed by atoms with Crippen LogP contribution in [0.3, 0.4) is 0 Å². The molecule has 0 bridgehead atoms. The maximum Gasteiger partial charge on any atom is 0.310 e. The predicted octanol–water partition coefficient (Wildman–Crippen LogP) is 9.67. The Bertz CT molecular complexity index is 959. The summed E-state index contributed by atoms with van der Waals surface area (Å²) in [6.07, 6.45) is 14.3. The minimum Gasteiger partial charge on any atom is -0.469 e. The molecule has 1 aliphatic carbocycles. The zero-order valence-electron chi connectivity index (χ0n) is 30.4. The van der Waals surface area contributed by atoms with E-state index in [1.165, 1.54) is 26.4 Å². The molecule has 0 saturated heterocycles. The molecule has 0 aliphatic heterocycles. The second kappa shape index (κ2) is 19.2. The summed E-state index contributed by atoms with van der Waals surface area (Å²) < 4.78 is 24.6. The lowest BCUT2D eigenvalue weighted by Crippen LogP contribution is -2.45. The molecule has 0 fully saturated rings. The van der Waals surface area contributed by atoms with Crippen LogP contribution in [-0.4, -0.2) is 57.3 Å². The fraction of sp³-hybridized carbons (Fsp3) is 0.824. The Kier molecular flexibility index (Phi) is 18.1. The van der Waals surface area contributed by atoms with Gasteiger partial charge in [-0.05, 0) is 74.1 Å². The van der Waals surface area contributed by atoms with Gasteiger partial charge in [0.05, 0.1) is 13.2 Å². The number of hydrogen-bond donors (Lipinski definition) is 0. The summed E-state index contributed by atoms with van der Waals surface area (Å²) in [6.45, 7) is 25.2. The van der Waals surface area contributed by atoms with Crippen molar-refractivity contribution in [2.24, 2.45) is 5.92 Å². The smallest absolute Gasteiger partial charge is 0.310 e. The molecule has 6 nitrogen and oxygen atoms in total. The molecule has 1 aliphatic rings. The van der Waals surface area contributed by atoms with E-state index in [1.54, 1.807) is 0 Å². The summed E-state index contributed by atoms with van der Waals surface area (Å²) in [5.41, 5.74) is 0. The quantitative estimate of drug-likeness (QED) is 0.0515. The van der Waals surface area contributed by atoms with Crippen molar-refractivity contribution in [3.05, 3.63) is 22.8 Å². The SMILES string of the molecule is CCCC[C@@](C)(CC=C[C@@H]1C(SCCCCCC(=O)OC)=C(OC(=O)CCC)C[C@H]1O[Si](C)(C)C(C)(C)C)[Si](C)(C)O[SiH2]C. The number of ether oxygens (including phenoxy) is 2. The number of allylic oxidation sites excluding steroid dienone is 1. The van der Waals surface area contributed by atoms with Gasteiger partial charge in [-0.25, -0.2) is 0 Å². The van der Waals surface area contributed by atoms with E-state index in [2.05, 4.69) is 79.5 Å². The summed E-state index contributed by atoms with van der Waals surface area (Å²) in [5, 5.41) is 0.232. The van der Waals surface area contributed by atoms with Gasteiger partial charge in [0, 0.05) is 30.1 Å². The van der Waals surface area contributed by atoms with Gasteiger partial charge in [0.25, 0.3) is 0 Å². The van der Waals surface area contributed by atoms with Gasteiger partial charge in [-0.2, -0.15) is 0 Å². The Labute approximate surface area is 279 Å². The maximum atomic E-state index is 12.8. The van der Waals surface area contributed by atoms with Crippen LogP contribution in [0.15, 0.2) is 22.8 Å². The molecule has 0 N–H and O–H groups in total. The van der Waals surface area contributed by atoms with E-state index in [1.807, 2.05) is 18.7 Å². The summed E-state index contributed by atoms with van der Waals surface area (Å²) in [6, 6.07) is 0. The minimum absolute atomic E-state index is 0.0511. The molecule has 0 aromatic carbocycles. The highest BCUT2D eigenvalue weighted by atomic mass is 32.2. The summed E-state index contributed by atoms with van der Waals surface area (Å²) in [4.78, 5) is 25.4. The van der Waals surface area contributed by atoms with Crippen LogP contribution in [0, 0.1) is 5.92 Å². The third-order valence-corrected chi connectivity index (χ3v) is 23.0. The first-order chi connectivity index (χ1) is 20.5. The Morgan fingerprint density at radius 3 is 2.20 bits per heavy atom. The van der Waals surface area contributed by atoms with Gasteiger partial charge in [-0.15, -0.1) is 11.8 Å². The average Bonchev–Trinajstić information content (AvgIpc) is 3.22. The zero-order chi connectivity index (χ0) is 33.6. The third-order valence-electron chi connectivity index (χ3n) is 9.77. The highest BCUT2D eigenvalue weighted by molar-refractivity contribution is 8.03. The molecule has 256 valence electrons. The van der Waals surface area contributed by atoms with Gasteiger partial charge in [0.1, 0.15) is 15.5 Å².